The van der Waals surface area contributed by atoms with Crippen LogP contribution in [0.4, 0.5) is 5.95 Å². The molecule has 0 aliphatic carbocycles. The monoisotopic (exact) mass is 365 g/mol. The minimum Gasteiger partial charge on any atom is -0.358 e. The van der Waals surface area contributed by atoms with Crippen molar-refractivity contribution >= 4 is 17.5 Å². The van der Waals surface area contributed by atoms with Crippen molar-refractivity contribution in [3.8, 4) is 11.4 Å². The Bertz CT molecular complexity index is 930. The molecule has 8 nitrogen and oxygen atoms in total. The summed E-state index contributed by atoms with van der Waals surface area (Å²) >= 11 is 0. The van der Waals surface area contributed by atoms with Gasteiger partial charge >= 0.3 is 0 Å². The Hall–Kier alpha value is -3.00. The number of pyridine rings is 1. The van der Waals surface area contributed by atoms with Crippen LogP contribution in [0, 0.1) is 0 Å². The summed E-state index contributed by atoms with van der Waals surface area (Å²) in [4.78, 5) is 27.2. The van der Waals surface area contributed by atoms with E-state index in [0.29, 0.717) is 18.5 Å². The predicted molar refractivity (Wildman–Crippen MR) is 103 cm³/mol. The van der Waals surface area contributed by atoms with E-state index in [2.05, 4.69) is 30.5 Å². The third kappa shape index (κ3) is 3.90. The number of carbonyl (C=O) groups is 1. The van der Waals surface area contributed by atoms with Crippen molar-refractivity contribution in [2.75, 3.05) is 32.0 Å². The van der Waals surface area contributed by atoms with Gasteiger partial charge in [-0.2, -0.15) is 0 Å². The molecule has 0 bridgehead atoms. The Labute approximate surface area is 157 Å². The highest BCUT2D eigenvalue weighted by Crippen LogP contribution is 2.20. The van der Waals surface area contributed by atoms with Crippen LogP contribution in [0.2, 0.25) is 0 Å². The van der Waals surface area contributed by atoms with Crippen molar-refractivity contribution in [2.24, 2.45) is 0 Å². The molecule has 1 saturated heterocycles. The molecule has 0 aromatic carbocycles. The third-order valence-corrected chi connectivity index (χ3v) is 4.90. The van der Waals surface area contributed by atoms with Crippen molar-refractivity contribution in [1.29, 1.82) is 0 Å². The molecule has 140 valence electrons. The first-order chi connectivity index (χ1) is 13.2. The van der Waals surface area contributed by atoms with Gasteiger partial charge in [0.05, 0.1) is 24.1 Å². The van der Waals surface area contributed by atoms with Crippen LogP contribution in [0.1, 0.15) is 12.8 Å². The first-order valence-corrected chi connectivity index (χ1v) is 9.18. The van der Waals surface area contributed by atoms with Crippen molar-refractivity contribution in [3.05, 3.63) is 42.9 Å². The molecular weight excluding hydrogens is 342 g/mol. The van der Waals surface area contributed by atoms with Gasteiger partial charge in [0, 0.05) is 38.6 Å². The summed E-state index contributed by atoms with van der Waals surface area (Å²) in [7, 11) is 1.67. The number of aromatic nitrogens is 4. The van der Waals surface area contributed by atoms with Crippen LogP contribution in [-0.4, -0.2) is 62.9 Å². The average Bonchev–Trinajstić information content (AvgIpc) is 3.14. The summed E-state index contributed by atoms with van der Waals surface area (Å²) < 4.78 is 2.02. The maximum absolute atomic E-state index is 11.5. The fourth-order valence-electron chi connectivity index (χ4n) is 3.39. The van der Waals surface area contributed by atoms with Gasteiger partial charge < -0.3 is 10.6 Å². The molecule has 4 heterocycles. The lowest BCUT2D eigenvalue weighted by molar-refractivity contribution is -0.122. The van der Waals surface area contributed by atoms with E-state index in [1.807, 2.05) is 41.1 Å². The Morgan fingerprint density at radius 1 is 1.22 bits per heavy atom. The molecule has 4 rings (SSSR count). The first-order valence-electron chi connectivity index (χ1n) is 9.18. The first kappa shape index (κ1) is 17.4. The van der Waals surface area contributed by atoms with E-state index in [1.165, 1.54) is 0 Å². The Morgan fingerprint density at radius 2 is 2.07 bits per heavy atom. The van der Waals surface area contributed by atoms with E-state index < -0.39 is 0 Å². The smallest absolute Gasteiger partial charge is 0.233 e. The number of hydrogen-bond donors (Lipinski definition) is 2. The molecule has 1 amide bonds. The number of likely N-dealkylation sites (N-methyl/N-ethyl adjacent to an activating group) is 1. The highest BCUT2D eigenvalue weighted by atomic mass is 16.1. The van der Waals surface area contributed by atoms with Crippen LogP contribution in [0.25, 0.3) is 17.0 Å². The van der Waals surface area contributed by atoms with Gasteiger partial charge in [0.15, 0.2) is 0 Å². The number of likely N-dealkylation sites (tertiary alicyclic amines) is 1. The van der Waals surface area contributed by atoms with Gasteiger partial charge in [0.1, 0.15) is 5.65 Å². The van der Waals surface area contributed by atoms with Crippen molar-refractivity contribution < 1.29 is 4.79 Å². The molecule has 1 aliphatic rings. The average molecular weight is 365 g/mol. The second kappa shape index (κ2) is 7.71. The summed E-state index contributed by atoms with van der Waals surface area (Å²) in [6.45, 7) is 2.24. The maximum atomic E-state index is 11.5. The van der Waals surface area contributed by atoms with E-state index in [-0.39, 0.29) is 5.91 Å². The number of amides is 1. The van der Waals surface area contributed by atoms with E-state index in [1.54, 1.807) is 13.2 Å². The summed E-state index contributed by atoms with van der Waals surface area (Å²) in [6, 6.07) is 8.12. The van der Waals surface area contributed by atoms with Crippen LogP contribution < -0.4 is 10.6 Å². The van der Waals surface area contributed by atoms with E-state index in [0.717, 1.165) is 43.0 Å². The van der Waals surface area contributed by atoms with Gasteiger partial charge in [-0.1, -0.05) is 6.07 Å². The van der Waals surface area contributed by atoms with E-state index >= 15 is 0 Å². The molecule has 8 heteroatoms. The third-order valence-electron chi connectivity index (χ3n) is 4.90. The number of imidazole rings is 1. The summed E-state index contributed by atoms with van der Waals surface area (Å²) in [5, 5.41) is 6.11. The van der Waals surface area contributed by atoms with Crippen molar-refractivity contribution in [1.82, 2.24) is 29.6 Å². The van der Waals surface area contributed by atoms with E-state index in [9.17, 15) is 4.79 Å². The van der Waals surface area contributed by atoms with Crippen LogP contribution in [0.15, 0.2) is 42.9 Å². The minimum absolute atomic E-state index is 0.0606. The van der Waals surface area contributed by atoms with Crippen LogP contribution in [0.5, 0.6) is 0 Å². The largest absolute Gasteiger partial charge is 0.358 e. The van der Waals surface area contributed by atoms with Gasteiger partial charge in [0.25, 0.3) is 0 Å². The van der Waals surface area contributed by atoms with Gasteiger partial charge in [-0.25, -0.2) is 15.0 Å². The number of fused-ring (bicyclic) bond motifs is 1. The SMILES string of the molecule is CNC(=O)CN1CCC(Nc2nccc(-c3cnc4ccccn34)n2)CC1. The lowest BCUT2D eigenvalue weighted by Gasteiger charge is -2.31. The molecule has 0 radical (unpaired) electrons. The molecule has 0 unspecified atom stereocenters. The molecule has 1 aliphatic heterocycles. The van der Waals surface area contributed by atoms with Crippen LogP contribution in [0.3, 0.4) is 0 Å². The molecule has 3 aromatic heterocycles. The summed E-state index contributed by atoms with van der Waals surface area (Å²) in [5.74, 6) is 0.689. The van der Waals surface area contributed by atoms with Gasteiger partial charge in [-0.3, -0.25) is 14.1 Å². The molecule has 0 spiro atoms. The normalized spacial score (nSPS) is 15.7. The minimum atomic E-state index is 0.0606. The number of anilines is 1. The molecular formula is C19H23N7O. The zero-order valence-corrected chi connectivity index (χ0v) is 15.3. The second-order valence-electron chi connectivity index (χ2n) is 6.71. The fraction of sp³-hybridized carbons (Fsp3) is 0.368. The highest BCUT2D eigenvalue weighted by molar-refractivity contribution is 5.77. The zero-order chi connectivity index (χ0) is 18.6. The second-order valence-corrected chi connectivity index (χ2v) is 6.71. The van der Waals surface area contributed by atoms with Gasteiger partial charge in [-0.15, -0.1) is 0 Å². The standard InChI is InChI=1S/C19H23N7O/c1-20-18(27)13-25-10-6-14(7-11-25)23-19-21-8-5-15(24-19)16-12-22-17-4-2-3-9-26(16)17/h2-5,8-9,12,14H,6-7,10-11,13H2,1H3,(H,20,27)(H,21,23,24). The number of nitrogens with zero attached hydrogens (tertiary/aromatic N) is 5. The van der Waals surface area contributed by atoms with Gasteiger partial charge in [-0.05, 0) is 31.0 Å². The molecule has 1 fully saturated rings. The number of rotatable bonds is 5. The van der Waals surface area contributed by atoms with Crippen LogP contribution >= 0.6 is 0 Å². The number of carbonyl (C=O) groups excluding carboxylic acids is 1. The topological polar surface area (TPSA) is 87.5 Å². The molecule has 27 heavy (non-hydrogen) atoms. The number of piperidine rings is 1. The summed E-state index contributed by atoms with van der Waals surface area (Å²) in [6.07, 6.45) is 7.50. The van der Waals surface area contributed by atoms with E-state index in [4.69, 9.17) is 0 Å². The van der Waals surface area contributed by atoms with Gasteiger partial charge in [0.2, 0.25) is 11.9 Å². The quantitative estimate of drug-likeness (QED) is 0.711. The number of hydrogen-bond acceptors (Lipinski definition) is 6. The zero-order valence-electron chi connectivity index (χ0n) is 15.3. The predicted octanol–water partition coefficient (Wildman–Crippen LogP) is 1.41. The molecule has 2 N–H and O–H groups in total. The fourth-order valence-corrected chi connectivity index (χ4v) is 3.39. The van der Waals surface area contributed by atoms with Crippen molar-refractivity contribution in [2.45, 2.75) is 18.9 Å². The highest BCUT2D eigenvalue weighted by Gasteiger charge is 2.21. The molecule has 0 atom stereocenters. The van der Waals surface area contributed by atoms with Crippen LogP contribution in [-0.2, 0) is 4.79 Å². The lowest BCUT2D eigenvalue weighted by atomic mass is 10.1. The molecule has 3 aromatic rings. The molecule has 0 saturated carbocycles. The summed E-state index contributed by atoms with van der Waals surface area (Å²) in [5.41, 5.74) is 2.67. The van der Waals surface area contributed by atoms with Crippen molar-refractivity contribution in [3.63, 3.8) is 0 Å². The Balaban J connectivity index is 1.43. The number of nitrogens with one attached hydrogen (secondary N) is 2. The lowest BCUT2D eigenvalue weighted by Crippen LogP contribution is -2.43. The maximum Gasteiger partial charge on any atom is 0.233 e. The Morgan fingerprint density at radius 3 is 2.89 bits per heavy atom. The Kier molecular flexibility index (Phi) is 4.97.